The van der Waals surface area contributed by atoms with Crippen LogP contribution in [-0.2, 0) is 0 Å². The van der Waals surface area contributed by atoms with Crippen molar-refractivity contribution in [3.05, 3.63) is 35.1 Å². The van der Waals surface area contributed by atoms with Gasteiger partial charge in [-0.1, -0.05) is 17.7 Å². The van der Waals surface area contributed by atoms with Crippen LogP contribution in [0.5, 0.6) is 0 Å². The molecule has 15 heavy (non-hydrogen) atoms. The number of halogens is 1. The van der Waals surface area contributed by atoms with Gasteiger partial charge in [-0.2, -0.15) is 0 Å². The number of aromatic nitrogens is 4. The van der Waals surface area contributed by atoms with Gasteiger partial charge in [0.15, 0.2) is 11.5 Å². The molecule has 3 heterocycles. The number of rotatable bonds is 1. The molecule has 4 nitrogen and oxygen atoms in total. The van der Waals surface area contributed by atoms with Crippen molar-refractivity contribution in [3.63, 3.8) is 0 Å². The Hall–Kier alpha value is -1.46. The lowest BCUT2D eigenvalue weighted by Gasteiger charge is -1.95. The van der Waals surface area contributed by atoms with E-state index in [1.54, 1.807) is 23.7 Å². The first-order chi connectivity index (χ1) is 7.34. The maximum Gasteiger partial charge on any atom is 0.179 e. The van der Waals surface area contributed by atoms with E-state index in [9.17, 15) is 0 Å². The summed E-state index contributed by atoms with van der Waals surface area (Å²) in [6, 6.07) is 5.66. The molecule has 0 aliphatic carbocycles. The quantitative estimate of drug-likeness (QED) is 0.610. The number of fused-ring (bicyclic) bond motifs is 1. The molecule has 0 saturated heterocycles. The normalized spacial score (nSPS) is 11.0. The zero-order valence-electron chi connectivity index (χ0n) is 7.46. The van der Waals surface area contributed by atoms with Crippen molar-refractivity contribution in [2.24, 2.45) is 0 Å². The molecule has 0 aliphatic rings. The van der Waals surface area contributed by atoms with E-state index in [0.717, 1.165) is 10.7 Å². The van der Waals surface area contributed by atoms with E-state index in [4.69, 9.17) is 11.6 Å². The third kappa shape index (κ3) is 1.40. The van der Waals surface area contributed by atoms with Gasteiger partial charge in [-0.15, -0.1) is 21.5 Å². The van der Waals surface area contributed by atoms with Crippen LogP contribution in [0.2, 0.25) is 5.15 Å². The molecule has 0 fully saturated rings. The van der Waals surface area contributed by atoms with Gasteiger partial charge in [-0.05, 0) is 11.4 Å². The van der Waals surface area contributed by atoms with Gasteiger partial charge in [0.1, 0.15) is 11.5 Å². The lowest BCUT2D eigenvalue weighted by atomic mass is 10.4. The molecule has 3 aromatic rings. The van der Waals surface area contributed by atoms with E-state index in [2.05, 4.69) is 15.2 Å². The molecule has 0 radical (unpaired) electrons. The van der Waals surface area contributed by atoms with Gasteiger partial charge in [0, 0.05) is 6.07 Å². The van der Waals surface area contributed by atoms with Crippen molar-refractivity contribution in [2.75, 3.05) is 0 Å². The summed E-state index contributed by atoms with van der Waals surface area (Å²) in [5.41, 5.74) is 0.707. The minimum Gasteiger partial charge on any atom is -0.264 e. The summed E-state index contributed by atoms with van der Waals surface area (Å²) in [5.74, 6) is 0.796. The molecule has 3 rings (SSSR count). The molecular formula is C9H5ClN4S. The molecule has 0 bridgehead atoms. The Morgan fingerprint density at radius 2 is 2.27 bits per heavy atom. The monoisotopic (exact) mass is 236 g/mol. The summed E-state index contributed by atoms with van der Waals surface area (Å²) < 4.78 is 1.82. The maximum atomic E-state index is 5.76. The first-order valence-electron chi connectivity index (χ1n) is 4.25. The van der Waals surface area contributed by atoms with Gasteiger partial charge in [-0.25, -0.2) is 4.98 Å². The maximum absolute atomic E-state index is 5.76. The molecule has 0 atom stereocenters. The minimum atomic E-state index is 0.424. The van der Waals surface area contributed by atoms with E-state index in [1.807, 2.05) is 21.9 Å². The van der Waals surface area contributed by atoms with Crippen LogP contribution in [0.25, 0.3) is 16.3 Å². The molecule has 0 N–H and O–H groups in total. The fourth-order valence-electron chi connectivity index (χ4n) is 1.35. The van der Waals surface area contributed by atoms with Crippen LogP contribution in [0.4, 0.5) is 0 Å². The van der Waals surface area contributed by atoms with Crippen LogP contribution in [0, 0.1) is 0 Å². The molecular weight excluding hydrogens is 232 g/mol. The number of thiophene rings is 1. The van der Waals surface area contributed by atoms with Gasteiger partial charge in [0.05, 0.1) is 4.88 Å². The molecule has 0 unspecified atom stereocenters. The second-order valence-corrected chi connectivity index (χ2v) is 4.28. The second-order valence-electron chi connectivity index (χ2n) is 2.94. The number of nitrogens with zero attached hydrogens (tertiary/aromatic N) is 4. The minimum absolute atomic E-state index is 0.424. The highest BCUT2D eigenvalue weighted by Crippen LogP contribution is 2.23. The predicted octanol–water partition coefficient (Wildman–Crippen LogP) is 2.51. The van der Waals surface area contributed by atoms with Gasteiger partial charge < -0.3 is 0 Å². The Morgan fingerprint density at radius 3 is 3.07 bits per heavy atom. The van der Waals surface area contributed by atoms with Gasteiger partial charge >= 0.3 is 0 Å². The van der Waals surface area contributed by atoms with Crippen LogP contribution in [0.3, 0.4) is 0 Å². The highest BCUT2D eigenvalue weighted by atomic mass is 35.5. The molecule has 6 heteroatoms. The lowest BCUT2D eigenvalue weighted by Crippen LogP contribution is -1.89. The third-order valence-electron chi connectivity index (χ3n) is 2.01. The summed E-state index contributed by atoms with van der Waals surface area (Å²) in [6.45, 7) is 0. The van der Waals surface area contributed by atoms with E-state index in [1.165, 1.54) is 0 Å². The standard InChI is InChI=1S/C9H5ClN4S/c10-7-4-8-12-13-9(14(8)5-11-7)6-2-1-3-15-6/h1-5H. The SMILES string of the molecule is Clc1cc2nnc(-c3cccs3)n2cn1. The van der Waals surface area contributed by atoms with Gasteiger partial charge in [-0.3, -0.25) is 4.40 Å². The molecule has 74 valence electrons. The Labute approximate surface area is 94.2 Å². The Morgan fingerprint density at radius 1 is 1.33 bits per heavy atom. The van der Waals surface area contributed by atoms with Crippen molar-refractivity contribution >= 4 is 28.6 Å². The van der Waals surface area contributed by atoms with E-state index in [0.29, 0.717) is 10.8 Å². The highest BCUT2D eigenvalue weighted by molar-refractivity contribution is 7.13. The Balaban J connectivity index is 2.29. The summed E-state index contributed by atoms with van der Waals surface area (Å²) >= 11 is 7.38. The molecule has 3 aromatic heterocycles. The highest BCUT2D eigenvalue weighted by Gasteiger charge is 2.08. The van der Waals surface area contributed by atoms with Crippen LogP contribution in [0.1, 0.15) is 0 Å². The summed E-state index contributed by atoms with van der Waals surface area (Å²) in [5, 5.41) is 10.6. The molecule has 0 spiro atoms. The van der Waals surface area contributed by atoms with Crippen LogP contribution in [-0.4, -0.2) is 19.6 Å². The van der Waals surface area contributed by atoms with Crippen molar-refractivity contribution in [1.82, 2.24) is 19.6 Å². The zero-order chi connectivity index (χ0) is 10.3. The summed E-state index contributed by atoms with van der Waals surface area (Å²) in [7, 11) is 0. The van der Waals surface area contributed by atoms with E-state index < -0.39 is 0 Å². The van der Waals surface area contributed by atoms with E-state index >= 15 is 0 Å². The van der Waals surface area contributed by atoms with Crippen molar-refractivity contribution in [2.45, 2.75) is 0 Å². The molecule has 0 amide bonds. The summed E-state index contributed by atoms with van der Waals surface area (Å²) in [6.07, 6.45) is 1.63. The number of hydrogen-bond donors (Lipinski definition) is 0. The molecule has 0 saturated carbocycles. The third-order valence-corrected chi connectivity index (χ3v) is 3.08. The van der Waals surface area contributed by atoms with E-state index in [-0.39, 0.29) is 0 Å². The van der Waals surface area contributed by atoms with Crippen molar-refractivity contribution in [3.8, 4) is 10.7 Å². The van der Waals surface area contributed by atoms with Crippen LogP contribution in [0.15, 0.2) is 29.9 Å². The van der Waals surface area contributed by atoms with Crippen molar-refractivity contribution in [1.29, 1.82) is 0 Å². The van der Waals surface area contributed by atoms with Gasteiger partial charge in [0.2, 0.25) is 0 Å². The zero-order valence-corrected chi connectivity index (χ0v) is 9.03. The number of hydrogen-bond acceptors (Lipinski definition) is 4. The first kappa shape index (κ1) is 8.82. The largest absolute Gasteiger partial charge is 0.264 e. The molecule has 0 aromatic carbocycles. The first-order valence-corrected chi connectivity index (χ1v) is 5.50. The average Bonchev–Trinajstić information content (AvgIpc) is 2.82. The fourth-order valence-corrected chi connectivity index (χ4v) is 2.19. The Bertz CT molecular complexity index is 602. The lowest BCUT2D eigenvalue weighted by molar-refractivity contribution is 1.08. The van der Waals surface area contributed by atoms with Crippen LogP contribution >= 0.6 is 22.9 Å². The smallest absolute Gasteiger partial charge is 0.179 e. The van der Waals surface area contributed by atoms with Gasteiger partial charge in [0.25, 0.3) is 0 Å². The van der Waals surface area contributed by atoms with Crippen molar-refractivity contribution < 1.29 is 0 Å². The fraction of sp³-hybridized carbons (Fsp3) is 0. The average molecular weight is 237 g/mol. The Kier molecular flexibility index (Phi) is 1.93. The second kappa shape index (κ2) is 3.29. The summed E-state index contributed by atoms with van der Waals surface area (Å²) in [4.78, 5) is 5.06. The van der Waals surface area contributed by atoms with Crippen LogP contribution < -0.4 is 0 Å². The molecule has 0 aliphatic heterocycles. The predicted molar refractivity (Wildman–Crippen MR) is 59.1 cm³/mol. The topological polar surface area (TPSA) is 43.1 Å².